The average Bonchev–Trinajstić information content (AvgIpc) is 2.24. The molecule has 0 spiro atoms. The fourth-order valence-electron chi connectivity index (χ4n) is 1.72. The lowest BCUT2D eigenvalue weighted by molar-refractivity contribution is -0.390. The summed E-state index contributed by atoms with van der Waals surface area (Å²) in [5.74, 6) is -2.55. The maximum atomic E-state index is 13.4. The van der Waals surface area contributed by atoms with Crippen LogP contribution in [0.1, 0.15) is 20.3 Å². The number of para-hydroxylation sites is 1. The van der Waals surface area contributed by atoms with E-state index in [0.717, 1.165) is 18.2 Å². The number of sulfonamides is 1. The molecule has 1 aromatic rings. The van der Waals surface area contributed by atoms with Crippen LogP contribution in [0.3, 0.4) is 0 Å². The van der Waals surface area contributed by atoms with Crippen LogP contribution in [-0.4, -0.2) is 30.0 Å². The number of carboxylic acid groups (broad SMARTS) is 1. The topological polar surface area (TPSA) is 127 Å². The Morgan fingerprint density at radius 1 is 1.48 bits per heavy atom. The first-order valence-electron chi connectivity index (χ1n) is 5.65. The second-order valence-electron chi connectivity index (χ2n) is 4.90. The summed E-state index contributed by atoms with van der Waals surface area (Å²) in [6.07, 6.45) is -0.546. The van der Waals surface area contributed by atoms with Crippen molar-refractivity contribution < 1.29 is 27.6 Å². The van der Waals surface area contributed by atoms with Crippen molar-refractivity contribution in [3.63, 3.8) is 0 Å². The molecule has 0 bridgehead atoms. The van der Waals surface area contributed by atoms with E-state index in [1.165, 1.54) is 13.8 Å². The minimum absolute atomic E-state index is 0.546. The van der Waals surface area contributed by atoms with E-state index in [-0.39, 0.29) is 0 Å². The van der Waals surface area contributed by atoms with Gasteiger partial charge in [-0.25, -0.2) is 13.1 Å². The minimum Gasteiger partial charge on any atom is -0.481 e. The van der Waals surface area contributed by atoms with Crippen LogP contribution in [0.15, 0.2) is 23.1 Å². The highest BCUT2D eigenvalue weighted by Crippen LogP contribution is 2.27. The van der Waals surface area contributed by atoms with Crippen molar-refractivity contribution in [3.8, 4) is 0 Å². The van der Waals surface area contributed by atoms with Gasteiger partial charge in [-0.15, -0.1) is 0 Å². The van der Waals surface area contributed by atoms with Crippen molar-refractivity contribution in [2.24, 2.45) is 0 Å². The third kappa shape index (κ3) is 4.20. The molecule has 0 atom stereocenters. The molecule has 0 aliphatic carbocycles. The second-order valence-corrected chi connectivity index (χ2v) is 6.55. The number of carbonyl (C=O) groups is 1. The van der Waals surface area contributed by atoms with Crippen LogP contribution >= 0.6 is 0 Å². The number of nitrogens with zero attached hydrogens (tertiary/aromatic N) is 1. The van der Waals surface area contributed by atoms with E-state index in [4.69, 9.17) is 5.11 Å². The van der Waals surface area contributed by atoms with E-state index >= 15 is 0 Å². The highest BCUT2D eigenvalue weighted by Gasteiger charge is 2.34. The maximum Gasteiger partial charge on any atom is 0.324 e. The summed E-state index contributed by atoms with van der Waals surface area (Å²) >= 11 is 0. The molecule has 21 heavy (non-hydrogen) atoms. The standard InChI is InChI=1S/C11H13FN2O6S/c1-11(2,6-9(15)16)13-21(19,20)8-5-3-4-7(12)10(8)14(17)18/h3-5,13H,6H2,1-2H3,(H,15,16). The van der Waals surface area contributed by atoms with Gasteiger partial charge in [0.05, 0.1) is 11.3 Å². The van der Waals surface area contributed by atoms with Crippen molar-refractivity contribution in [2.75, 3.05) is 0 Å². The van der Waals surface area contributed by atoms with Gasteiger partial charge >= 0.3 is 11.7 Å². The molecule has 0 radical (unpaired) electrons. The van der Waals surface area contributed by atoms with E-state index in [1.807, 2.05) is 4.72 Å². The zero-order chi connectivity index (χ0) is 16.4. The minimum atomic E-state index is -4.46. The molecule has 0 aliphatic heterocycles. The van der Waals surface area contributed by atoms with E-state index < -0.39 is 49.3 Å². The molecule has 10 heteroatoms. The molecule has 8 nitrogen and oxygen atoms in total. The molecule has 0 aromatic heterocycles. The summed E-state index contributed by atoms with van der Waals surface area (Å²) in [7, 11) is -4.46. The highest BCUT2D eigenvalue weighted by atomic mass is 32.2. The summed E-state index contributed by atoms with van der Waals surface area (Å²) in [5, 5.41) is 19.5. The molecule has 1 aromatic carbocycles. The summed E-state index contributed by atoms with van der Waals surface area (Å²) < 4.78 is 39.7. The lowest BCUT2D eigenvalue weighted by Gasteiger charge is -2.23. The molecule has 2 N–H and O–H groups in total. The van der Waals surface area contributed by atoms with Crippen LogP contribution in [0, 0.1) is 15.9 Å². The molecule has 0 heterocycles. The number of hydrogen-bond donors (Lipinski definition) is 2. The number of hydrogen-bond acceptors (Lipinski definition) is 5. The third-order valence-corrected chi connectivity index (χ3v) is 4.16. The second kappa shape index (κ2) is 5.74. The van der Waals surface area contributed by atoms with Crippen LogP contribution in [0.5, 0.6) is 0 Å². The largest absolute Gasteiger partial charge is 0.481 e. The van der Waals surface area contributed by atoms with Crippen molar-refractivity contribution >= 4 is 21.7 Å². The van der Waals surface area contributed by atoms with Gasteiger partial charge < -0.3 is 5.11 Å². The average molecular weight is 320 g/mol. The normalized spacial score (nSPS) is 12.1. The number of benzene rings is 1. The van der Waals surface area contributed by atoms with Crippen LogP contribution in [0.25, 0.3) is 0 Å². The maximum absolute atomic E-state index is 13.4. The lowest BCUT2D eigenvalue weighted by atomic mass is 10.0. The lowest BCUT2D eigenvalue weighted by Crippen LogP contribution is -2.44. The van der Waals surface area contributed by atoms with Gasteiger partial charge in [0.25, 0.3) is 0 Å². The van der Waals surface area contributed by atoms with Gasteiger partial charge in [0.1, 0.15) is 0 Å². The quantitative estimate of drug-likeness (QED) is 0.600. The summed E-state index contributed by atoms with van der Waals surface area (Å²) in [5.41, 5.74) is -2.58. The molecular weight excluding hydrogens is 307 g/mol. The van der Waals surface area contributed by atoms with Crippen molar-refractivity contribution in [1.29, 1.82) is 0 Å². The van der Waals surface area contributed by atoms with E-state index in [9.17, 15) is 27.7 Å². The number of nitrogens with one attached hydrogen (secondary N) is 1. The summed E-state index contributed by atoms with van der Waals surface area (Å²) in [6.45, 7) is 2.59. The van der Waals surface area contributed by atoms with Crippen LogP contribution in [0.4, 0.5) is 10.1 Å². The Balaban J connectivity index is 3.30. The van der Waals surface area contributed by atoms with E-state index in [1.54, 1.807) is 0 Å². The summed E-state index contributed by atoms with van der Waals surface area (Å²) in [4.78, 5) is 19.5. The first kappa shape index (κ1) is 17.0. The fraction of sp³-hybridized carbons (Fsp3) is 0.364. The Morgan fingerprint density at radius 3 is 2.52 bits per heavy atom. The zero-order valence-electron chi connectivity index (χ0n) is 11.2. The van der Waals surface area contributed by atoms with Gasteiger partial charge in [0, 0.05) is 5.54 Å². The first-order valence-corrected chi connectivity index (χ1v) is 7.13. The number of halogens is 1. The van der Waals surface area contributed by atoms with Crippen molar-refractivity contribution in [3.05, 3.63) is 34.1 Å². The molecule has 0 saturated heterocycles. The van der Waals surface area contributed by atoms with Crippen molar-refractivity contribution in [1.82, 2.24) is 4.72 Å². The number of aliphatic carboxylic acids is 1. The number of rotatable bonds is 6. The van der Waals surface area contributed by atoms with Gasteiger partial charge in [-0.3, -0.25) is 14.9 Å². The molecule has 0 unspecified atom stereocenters. The van der Waals surface area contributed by atoms with Crippen molar-refractivity contribution in [2.45, 2.75) is 30.7 Å². The Bertz CT molecular complexity index is 686. The molecular formula is C11H13FN2O6S. The van der Waals surface area contributed by atoms with Gasteiger partial charge in [-0.1, -0.05) is 6.07 Å². The molecule has 0 amide bonds. The molecule has 1 rings (SSSR count). The molecule has 0 aliphatic rings. The number of carboxylic acids is 1. The fourth-order valence-corrected chi connectivity index (χ4v) is 3.32. The van der Waals surface area contributed by atoms with Crippen LogP contribution < -0.4 is 4.72 Å². The van der Waals surface area contributed by atoms with Gasteiger partial charge in [0.15, 0.2) is 4.90 Å². The zero-order valence-corrected chi connectivity index (χ0v) is 12.0. The van der Waals surface area contributed by atoms with Gasteiger partial charge in [-0.05, 0) is 26.0 Å². The predicted octanol–water partition coefficient (Wildman–Crippen LogP) is 1.27. The SMILES string of the molecule is CC(C)(CC(=O)O)NS(=O)(=O)c1cccc(F)c1[N+](=O)[O-]. The molecule has 0 saturated carbocycles. The Hall–Kier alpha value is -2.07. The monoisotopic (exact) mass is 320 g/mol. The van der Waals surface area contributed by atoms with E-state index in [0.29, 0.717) is 0 Å². The van der Waals surface area contributed by atoms with Crippen LogP contribution in [0.2, 0.25) is 0 Å². The Kier molecular flexibility index (Phi) is 4.64. The smallest absolute Gasteiger partial charge is 0.324 e. The third-order valence-electron chi connectivity index (χ3n) is 2.43. The first-order chi connectivity index (χ1) is 9.46. The Labute approximate surface area is 119 Å². The Morgan fingerprint density at radius 2 is 2.05 bits per heavy atom. The molecule has 116 valence electrons. The molecule has 0 fully saturated rings. The predicted molar refractivity (Wildman–Crippen MR) is 69.7 cm³/mol. The van der Waals surface area contributed by atoms with Gasteiger partial charge in [-0.2, -0.15) is 4.39 Å². The van der Waals surface area contributed by atoms with Gasteiger partial charge in [0.2, 0.25) is 15.8 Å². The summed E-state index contributed by atoms with van der Waals surface area (Å²) in [6, 6.07) is 2.65. The number of nitro benzene ring substituents is 1. The van der Waals surface area contributed by atoms with Crippen LogP contribution in [-0.2, 0) is 14.8 Å². The highest BCUT2D eigenvalue weighted by molar-refractivity contribution is 7.89. The van der Waals surface area contributed by atoms with E-state index in [2.05, 4.69) is 0 Å². The number of nitro groups is 1.